The molecule has 1 unspecified atom stereocenters. The van der Waals surface area contributed by atoms with Crippen LogP contribution in [0.1, 0.15) is 37.7 Å². The van der Waals surface area contributed by atoms with Crippen molar-refractivity contribution >= 4 is 42.1 Å². The number of rotatable bonds is 3. The molecule has 7 heteroatoms. The molecule has 1 atom stereocenters. The second-order valence-corrected chi connectivity index (χ2v) is 8.41. The molecule has 3 aliphatic heterocycles. The van der Waals surface area contributed by atoms with Gasteiger partial charge in [-0.05, 0) is 69.8 Å². The third-order valence-electron chi connectivity index (χ3n) is 6.21. The Bertz CT molecular complexity index is 602. The summed E-state index contributed by atoms with van der Waals surface area (Å²) in [6.07, 6.45) is 5.89. The van der Waals surface area contributed by atoms with Crippen molar-refractivity contribution in [3.8, 4) is 0 Å². The van der Waals surface area contributed by atoms with Crippen LogP contribution >= 0.6 is 36.4 Å². The highest BCUT2D eigenvalue weighted by Gasteiger charge is 2.41. The van der Waals surface area contributed by atoms with E-state index in [1.165, 1.54) is 24.9 Å². The lowest BCUT2D eigenvalue weighted by molar-refractivity contribution is -0.0194. The zero-order chi connectivity index (χ0) is 17.3. The highest BCUT2D eigenvalue weighted by Crippen LogP contribution is 2.34. The molecule has 3 saturated heterocycles. The monoisotopic (exact) mass is 435 g/mol. The van der Waals surface area contributed by atoms with Gasteiger partial charge in [0, 0.05) is 35.9 Å². The number of benzene rings is 1. The van der Waals surface area contributed by atoms with Crippen molar-refractivity contribution in [1.82, 2.24) is 10.6 Å². The van der Waals surface area contributed by atoms with Gasteiger partial charge in [0.05, 0.1) is 12.2 Å². The van der Waals surface area contributed by atoms with Crippen molar-refractivity contribution in [3.63, 3.8) is 0 Å². The first-order valence-corrected chi connectivity index (χ1v) is 10.1. The second-order valence-electron chi connectivity index (χ2n) is 8.01. The topological polar surface area (TPSA) is 36.5 Å². The van der Waals surface area contributed by atoms with Crippen molar-refractivity contribution in [2.75, 3.05) is 37.7 Å². The maximum absolute atomic E-state index is 6.29. The van der Waals surface area contributed by atoms with Gasteiger partial charge in [-0.3, -0.25) is 0 Å². The number of halogens is 3. The Balaban J connectivity index is 0.00000131. The molecule has 4 rings (SSSR count). The summed E-state index contributed by atoms with van der Waals surface area (Å²) in [7, 11) is 0. The van der Waals surface area contributed by atoms with Gasteiger partial charge in [-0.15, -0.1) is 24.8 Å². The van der Waals surface area contributed by atoms with Gasteiger partial charge >= 0.3 is 0 Å². The Morgan fingerprint density at radius 3 is 2.52 bits per heavy atom. The molecule has 4 nitrogen and oxygen atoms in total. The average Bonchev–Trinajstić information content (AvgIpc) is 3.00. The molecule has 2 N–H and O–H groups in total. The van der Waals surface area contributed by atoms with Crippen LogP contribution in [0.15, 0.2) is 18.2 Å². The van der Waals surface area contributed by atoms with Crippen molar-refractivity contribution in [1.29, 1.82) is 0 Å². The summed E-state index contributed by atoms with van der Waals surface area (Å²) in [5, 5.41) is 8.20. The fraction of sp³-hybridized carbons (Fsp3) is 0.700. The molecule has 3 fully saturated rings. The predicted octanol–water partition coefficient (Wildman–Crippen LogP) is 3.96. The van der Waals surface area contributed by atoms with Crippen LogP contribution in [0.2, 0.25) is 5.02 Å². The van der Waals surface area contributed by atoms with Gasteiger partial charge in [0.2, 0.25) is 0 Å². The lowest BCUT2D eigenvalue weighted by Gasteiger charge is -2.36. The van der Waals surface area contributed by atoms with Crippen LogP contribution in [0.25, 0.3) is 0 Å². The molecule has 0 bridgehead atoms. The molecular formula is C20H32Cl3N3O. The van der Waals surface area contributed by atoms with E-state index in [2.05, 4.69) is 40.7 Å². The number of hydrogen-bond donors (Lipinski definition) is 2. The van der Waals surface area contributed by atoms with Crippen molar-refractivity contribution in [3.05, 3.63) is 28.8 Å². The number of hydrogen-bond acceptors (Lipinski definition) is 4. The third-order valence-corrected chi connectivity index (χ3v) is 6.62. The van der Waals surface area contributed by atoms with E-state index in [-0.39, 0.29) is 30.4 Å². The molecule has 1 aromatic carbocycles. The van der Waals surface area contributed by atoms with E-state index in [1.807, 2.05) is 0 Å². The van der Waals surface area contributed by atoms with Crippen LogP contribution in [0.4, 0.5) is 5.69 Å². The van der Waals surface area contributed by atoms with E-state index in [0.29, 0.717) is 12.1 Å². The smallest absolute Gasteiger partial charge is 0.0723 e. The van der Waals surface area contributed by atoms with Gasteiger partial charge in [-0.1, -0.05) is 17.7 Å². The molecule has 0 radical (unpaired) electrons. The Labute approximate surface area is 180 Å². The predicted molar refractivity (Wildman–Crippen MR) is 118 cm³/mol. The van der Waals surface area contributed by atoms with Crippen molar-refractivity contribution < 1.29 is 4.74 Å². The highest BCUT2D eigenvalue weighted by molar-refractivity contribution is 6.31. The quantitative estimate of drug-likeness (QED) is 0.752. The first-order valence-electron chi connectivity index (χ1n) is 9.75. The number of aryl methyl sites for hydroxylation is 1. The minimum atomic E-state index is 0. The van der Waals surface area contributed by atoms with Crippen LogP contribution < -0.4 is 15.5 Å². The number of nitrogens with zero attached hydrogens (tertiary/aromatic N) is 1. The fourth-order valence-electron chi connectivity index (χ4n) is 4.60. The summed E-state index contributed by atoms with van der Waals surface area (Å²) in [5.74, 6) is 0. The standard InChI is InChI=1S/C20H30ClN3O.2ClH/c1-15-2-3-18(12-19(15)21)24-10-4-16(5-11-24)23-17-13-20(25-14-17)6-8-22-9-7-20;;/h2-3,12,16-17,22-23H,4-11,13-14H2,1H3;2*1H. The Morgan fingerprint density at radius 2 is 1.85 bits per heavy atom. The van der Waals surface area contributed by atoms with E-state index in [9.17, 15) is 0 Å². The molecular weight excluding hydrogens is 405 g/mol. The van der Waals surface area contributed by atoms with E-state index in [4.69, 9.17) is 16.3 Å². The van der Waals surface area contributed by atoms with Crippen LogP contribution in [-0.4, -0.2) is 50.5 Å². The minimum Gasteiger partial charge on any atom is -0.373 e. The first-order chi connectivity index (χ1) is 12.1. The van der Waals surface area contributed by atoms with Crippen molar-refractivity contribution in [2.45, 2.75) is 56.7 Å². The molecule has 0 saturated carbocycles. The lowest BCUT2D eigenvalue weighted by Crippen LogP contribution is -2.47. The molecule has 0 amide bonds. The van der Waals surface area contributed by atoms with Crippen LogP contribution in [0.3, 0.4) is 0 Å². The summed E-state index contributed by atoms with van der Waals surface area (Å²) in [6.45, 7) is 7.34. The first kappa shape index (κ1) is 23.1. The largest absolute Gasteiger partial charge is 0.373 e. The molecule has 3 heterocycles. The number of nitrogens with one attached hydrogen (secondary N) is 2. The van der Waals surface area contributed by atoms with Crippen LogP contribution in [0, 0.1) is 6.92 Å². The second kappa shape index (κ2) is 10.00. The van der Waals surface area contributed by atoms with Gasteiger partial charge in [-0.25, -0.2) is 0 Å². The molecule has 3 aliphatic rings. The summed E-state index contributed by atoms with van der Waals surface area (Å²) in [4.78, 5) is 2.46. The maximum atomic E-state index is 6.29. The summed E-state index contributed by atoms with van der Waals surface area (Å²) < 4.78 is 6.22. The van der Waals surface area contributed by atoms with E-state index in [1.54, 1.807) is 0 Å². The van der Waals surface area contributed by atoms with Gasteiger partial charge in [-0.2, -0.15) is 0 Å². The minimum absolute atomic E-state index is 0. The fourth-order valence-corrected chi connectivity index (χ4v) is 4.77. The third kappa shape index (κ3) is 5.43. The van der Waals surface area contributed by atoms with Gasteiger partial charge in [0.1, 0.15) is 0 Å². The molecule has 154 valence electrons. The van der Waals surface area contributed by atoms with Crippen molar-refractivity contribution in [2.24, 2.45) is 0 Å². The van der Waals surface area contributed by atoms with Crippen LogP contribution in [-0.2, 0) is 4.74 Å². The maximum Gasteiger partial charge on any atom is 0.0723 e. The number of piperidine rings is 2. The van der Waals surface area contributed by atoms with Crippen LogP contribution in [0.5, 0.6) is 0 Å². The number of ether oxygens (including phenoxy) is 1. The highest BCUT2D eigenvalue weighted by atomic mass is 35.5. The van der Waals surface area contributed by atoms with E-state index in [0.717, 1.165) is 56.2 Å². The summed E-state index contributed by atoms with van der Waals surface area (Å²) in [5.41, 5.74) is 2.56. The Kier molecular flexibility index (Phi) is 8.54. The normalized spacial score (nSPS) is 25.1. The SMILES string of the molecule is Cc1ccc(N2CCC(NC3COC4(CCNCC4)C3)CC2)cc1Cl.Cl.Cl. The lowest BCUT2D eigenvalue weighted by atomic mass is 9.88. The van der Waals surface area contributed by atoms with Gasteiger partial charge in [0.15, 0.2) is 0 Å². The van der Waals surface area contributed by atoms with E-state index >= 15 is 0 Å². The zero-order valence-corrected chi connectivity index (χ0v) is 18.4. The average molecular weight is 437 g/mol. The molecule has 1 aromatic rings. The Hall–Kier alpha value is -0.230. The Morgan fingerprint density at radius 1 is 1.15 bits per heavy atom. The summed E-state index contributed by atoms with van der Waals surface area (Å²) in [6, 6.07) is 7.57. The molecule has 1 spiro atoms. The summed E-state index contributed by atoms with van der Waals surface area (Å²) >= 11 is 6.29. The van der Waals surface area contributed by atoms with E-state index < -0.39 is 0 Å². The van der Waals surface area contributed by atoms with Gasteiger partial charge in [0.25, 0.3) is 0 Å². The molecule has 0 aromatic heterocycles. The molecule has 27 heavy (non-hydrogen) atoms. The molecule has 0 aliphatic carbocycles. The number of anilines is 1. The zero-order valence-electron chi connectivity index (χ0n) is 16.0. The van der Waals surface area contributed by atoms with Gasteiger partial charge < -0.3 is 20.3 Å².